The Hall–Kier alpha value is -3.08. The molecule has 0 fully saturated rings. The lowest BCUT2D eigenvalue weighted by molar-refractivity contribution is 0.102. The van der Waals surface area contributed by atoms with Crippen LogP contribution in [0.3, 0.4) is 0 Å². The second kappa shape index (κ2) is 6.20. The van der Waals surface area contributed by atoms with E-state index in [9.17, 15) is 4.79 Å². The molecule has 0 spiro atoms. The van der Waals surface area contributed by atoms with E-state index in [2.05, 4.69) is 5.32 Å². The number of carbonyl (C=O) groups is 1. The van der Waals surface area contributed by atoms with Gasteiger partial charge in [0.15, 0.2) is 0 Å². The third-order valence-corrected chi connectivity index (χ3v) is 3.94. The van der Waals surface area contributed by atoms with Crippen molar-refractivity contribution in [2.24, 2.45) is 0 Å². The van der Waals surface area contributed by atoms with Crippen molar-refractivity contribution in [3.05, 3.63) is 64.7 Å². The van der Waals surface area contributed by atoms with Crippen molar-refractivity contribution in [3.8, 4) is 5.75 Å². The number of anilines is 1. The summed E-state index contributed by atoms with van der Waals surface area (Å²) >= 11 is 0. The van der Waals surface area contributed by atoms with E-state index >= 15 is 0 Å². The quantitative estimate of drug-likeness (QED) is 0.770. The first kappa shape index (κ1) is 15.8. The minimum Gasteiger partial charge on any atom is -0.497 e. The van der Waals surface area contributed by atoms with Crippen molar-refractivity contribution >= 4 is 22.6 Å². The molecule has 0 saturated heterocycles. The zero-order valence-electron chi connectivity index (χ0n) is 13.8. The topological polar surface area (TPSA) is 75.3 Å². The number of carbonyl (C=O) groups excluding carboxylic acids is 1. The maximum Gasteiger partial charge on any atom is 0.261 e. The summed E-state index contributed by atoms with van der Waals surface area (Å²) in [6.07, 6.45) is 0. The van der Waals surface area contributed by atoms with E-state index in [0.717, 1.165) is 16.8 Å². The lowest BCUT2D eigenvalue weighted by Gasteiger charge is -2.11. The molecule has 2 aromatic carbocycles. The Labute approximate surface area is 139 Å². The smallest absolute Gasteiger partial charge is 0.261 e. The Bertz CT molecular complexity index is 969. The van der Waals surface area contributed by atoms with Gasteiger partial charge < -0.3 is 14.5 Å². The predicted octanol–water partition coefficient (Wildman–Crippen LogP) is 3.79. The van der Waals surface area contributed by atoms with Gasteiger partial charge in [0.25, 0.3) is 5.91 Å². The first-order valence-electron chi connectivity index (χ1n) is 7.53. The Kier molecular flexibility index (Phi) is 4.08. The average molecular weight is 322 g/mol. The van der Waals surface area contributed by atoms with Gasteiger partial charge in [0.1, 0.15) is 16.9 Å². The summed E-state index contributed by atoms with van der Waals surface area (Å²) < 4.78 is 10.7. The molecule has 0 radical (unpaired) electrons. The predicted molar refractivity (Wildman–Crippen MR) is 92.5 cm³/mol. The zero-order valence-corrected chi connectivity index (χ0v) is 13.8. The average Bonchev–Trinajstić information content (AvgIpc) is 2.57. The summed E-state index contributed by atoms with van der Waals surface area (Å²) in [7, 11) is 1.58. The van der Waals surface area contributed by atoms with Crippen LogP contribution in [0.25, 0.3) is 11.0 Å². The summed E-state index contributed by atoms with van der Waals surface area (Å²) in [5.41, 5.74) is 3.23. The van der Waals surface area contributed by atoms with Crippen molar-refractivity contribution in [1.29, 1.82) is 5.41 Å². The second-order valence-electron chi connectivity index (χ2n) is 5.61. The van der Waals surface area contributed by atoms with E-state index in [4.69, 9.17) is 14.6 Å². The number of hydrogen-bond acceptors (Lipinski definition) is 4. The number of para-hydroxylation sites is 1. The number of hydrogen-bond donors (Lipinski definition) is 2. The SMILES string of the molecule is COc1ccc2oc(=N)c(C(=O)Nc3c(C)cccc3C)cc2c1. The van der Waals surface area contributed by atoms with Gasteiger partial charge in [-0.25, -0.2) is 0 Å². The number of methoxy groups -OCH3 is 1. The van der Waals surface area contributed by atoms with Crippen molar-refractivity contribution in [2.75, 3.05) is 12.4 Å². The van der Waals surface area contributed by atoms with Crippen LogP contribution in [-0.2, 0) is 0 Å². The number of benzene rings is 2. The van der Waals surface area contributed by atoms with Crippen molar-refractivity contribution < 1.29 is 13.9 Å². The van der Waals surface area contributed by atoms with Crippen LogP contribution < -0.4 is 15.6 Å². The number of nitrogens with one attached hydrogen (secondary N) is 2. The fourth-order valence-corrected chi connectivity index (χ4v) is 2.61. The molecule has 0 bridgehead atoms. The third kappa shape index (κ3) is 2.88. The number of aryl methyl sites for hydroxylation is 2. The molecule has 0 aliphatic rings. The molecule has 24 heavy (non-hydrogen) atoms. The molecule has 0 atom stereocenters. The van der Waals surface area contributed by atoms with Crippen LogP contribution in [0.1, 0.15) is 21.5 Å². The lowest BCUT2D eigenvalue weighted by Crippen LogP contribution is -2.21. The number of amides is 1. The van der Waals surface area contributed by atoms with E-state index in [1.165, 1.54) is 0 Å². The molecule has 1 amide bonds. The monoisotopic (exact) mass is 322 g/mol. The molecule has 122 valence electrons. The minimum absolute atomic E-state index is 0.170. The number of rotatable bonds is 3. The highest BCUT2D eigenvalue weighted by Crippen LogP contribution is 2.22. The number of fused-ring (bicyclic) bond motifs is 1. The maximum atomic E-state index is 12.6. The van der Waals surface area contributed by atoms with Gasteiger partial charge in [0.05, 0.1) is 7.11 Å². The molecule has 0 aliphatic heterocycles. The Morgan fingerprint density at radius 3 is 2.50 bits per heavy atom. The Balaban J connectivity index is 2.03. The summed E-state index contributed by atoms with van der Waals surface area (Å²) in [5, 5.41) is 11.6. The van der Waals surface area contributed by atoms with Crippen LogP contribution >= 0.6 is 0 Å². The van der Waals surface area contributed by atoms with Gasteiger partial charge in [0, 0.05) is 11.1 Å². The van der Waals surface area contributed by atoms with Gasteiger partial charge in [-0.1, -0.05) is 18.2 Å². The molecule has 1 heterocycles. The molecule has 5 nitrogen and oxygen atoms in total. The summed E-state index contributed by atoms with van der Waals surface area (Å²) in [6.45, 7) is 3.86. The molecule has 0 aliphatic carbocycles. The van der Waals surface area contributed by atoms with Crippen LogP contribution in [-0.4, -0.2) is 13.0 Å². The molecule has 0 saturated carbocycles. The van der Waals surface area contributed by atoms with Crippen molar-refractivity contribution in [1.82, 2.24) is 0 Å². The van der Waals surface area contributed by atoms with E-state index in [-0.39, 0.29) is 17.0 Å². The van der Waals surface area contributed by atoms with E-state index in [1.54, 1.807) is 31.4 Å². The van der Waals surface area contributed by atoms with Crippen molar-refractivity contribution in [3.63, 3.8) is 0 Å². The van der Waals surface area contributed by atoms with Gasteiger partial charge in [0.2, 0.25) is 5.55 Å². The third-order valence-electron chi connectivity index (χ3n) is 3.94. The molecule has 5 heteroatoms. The van der Waals surface area contributed by atoms with Crippen molar-refractivity contribution in [2.45, 2.75) is 13.8 Å². The van der Waals surface area contributed by atoms with Crippen LogP contribution in [0.5, 0.6) is 5.75 Å². The molecular weight excluding hydrogens is 304 g/mol. The highest BCUT2D eigenvalue weighted by Gasteiger charge is 2.14. The summed E-state index contributed by atoms with van der Waals surface area (Å²) in [4.78, 5) is 12.6. The molecular formula is C19H18N2O3. The van der Waals surface area contributed by atoms with Gasteiger partial charge >= 0.3 is 0 Å². The summed E-state index contributed by atoms with van der Waals surface area (Å²) in [5.74, 6) is 0.294. The zero-order chi connectivity index (χ0) is 17.3. The molecule has 2 N–H and O–H groups in total. The highest BCUT2D eigenvalue weighted by molar-refractivity contribution is 6.06. The molecule has 1 aromatic heterocycles. The fourth-order valence-electron chi connectivity index (χ4n) is 2.61. The first-order chi connectivity index (χ1) is 11.5. The normalized spacial score (nSPS) is 10.6. The minimum atomic E-state index is -0.370. The first-order valence-corrected chi connectivity index (χ1v) is 7.53. The Morgan fingerprint density at radius 2 is 1.83 bits per heavy atom. The standard InChI is InChI=1S/C19H18N2O3/c1-11-5-4-6-12(2)17(11)21-19(22)15-10-13-9-14(23-3)7-8-16(13)24-18(15)20/h4-10,20H,1-3H3,(H,21,22). The van der Waals surface area contributed by atoms with E-state index in [0.29, 0.717) is 16.7 Å². The van der Waals surface area contributed by atoms with Gasteiger partial charge in [-0.2, -0.15) is 0 Å². The second-order valence-corrected chi connectivity index (χ2v) is 5.61. The molecule has 3 aromatic rings. The van der Waals surface area contributed by atoms with Crippen LogP contribution in [0, 0.1) is 19.3 Å². The van der Waals surface area contributed by atoms with Gasteiger partial charge in [-0.05, 0) is 49.2 Å². The summed E-state index contributed by atoms with van der Waals surface area (Å²) in [6, 6.07) is 12.7. The molecule has 0 unspecified atom stereocenters. The van der Waals surface area contributed by atoms with E-state index in [1.807, 2.05) is 32.0 Å². The largest absolute Gasteiger partial charge is 0.497 e. The number of ether oxygens (including phenoxy) is 1. The van der Waals surface area contributed by atoms with Gasteiger partial charge in [-0.3, -0.25) is 10.2 Å². The van der Waals surface area contributed by atoms with Crippen LogP contribution in [0.4, 0.5) is 5.69 Å². The van der Waals surface area contributed by atoms with Crippen LogP contribution in [0.15, 0.2) is 46.9 Å². The fraction of sp³-hybridized carbons (Fsp3) is 0.158. The molecule has 3 rings (SSSR count). The Morgan fingerprint density at radius 1 is 1.12 bits per heavy atom. The lowest BCUT2D eigenvalue weighted by atomic mass is 10.1. The van der Waals surface area contributed by atoms with Crippen LogP contribution in [0.2, 0.25) is 0 Å². The highest BCUT2D eigenvalue weighted by atomic mass is 16.5. The van der Waals surface area contributed by atoms with Gasteiger partial charge in [-0.15, -0.1) is 0 Å². The maximum absolute atomic E-state index is 12.6. The van der Waals surface area contributed by atoms with E-state index < -0.39 is 0 Å².